The van der Waals surface area contributed by atoms with Gasteiger partial charge in [-0.3, -0.25) is 0 Å². The molecule has 0 unspecified atom stereocenters. The van der Waals surface area contributed by atoms with Crippen molar-refractivity contribution in [3.8, 4) is 11.5 Å². The van der Waals surface area contributed by atoms with Gasteiger partial charge in [0.05, 0.1) is 5.69 Å². The number of hydrogen-bond acceptors (Lipinski definition) is 4. The Kier molecular flexibility index (Phi) is 5.15. The normalized spacial score (nSPS) is 16.6. The highest BCUT2D eigenvalue weighted by atomic mass is 16.5. The minimum absolute atomic E-state index is 0.117. The highest BCUT2D eigenvalue weighted by Gasteiger charge is 2.21. The summed E-state index contributed by atoms with van der Waals surface area (Å²) in [4.78, 5) is 16.5. The molecule has 1 aliphatic heterocycles. The number of oxazole rings is 1. The van der Waals surface area contributed by atoms with Crippen molar-refractivity contribution in [2.75, 3.05) is 18.5 Å². The van der Waals surface area contributed by atoms with E-state index in [2.05, 4.69) is 15.6 Å². The summed E-state index contributed by atoms with van der Waals surface area (Å²) in [5.74, 6) is 1.01. The zero-order valence-electron chi connectivity index (χ0n) is 14.0. The number of anilines is 1. The van der Waals surface area contributed by atoms with Gasteiger partial charge in [0, 0.05) is 30.5 Å². The Morgan fingerprint density at radius 2 is 2.12 bits per heavy atom. The minimum Gasteiger partial charge on any atom is -0.444 e. The smallest absolute Gasteiger partial charge is 0.319 e. The number of amides is 2. The molecular weight excluding hydrogens is 306 g/mol. The lowest BCUT2D eigenvalue weighted by atomic mass is 9.93. The van der Waals surface area contributed by atoms with Crippen LogP contribution in [0.25, 0.3) is 11.5 Å². The number of nitrogens with zero attached hydrogens (tertiary/aromatic N) is 1. The molecule has 3 rings (SSSR count). The number of hydrogen-bond donors (Lipinski definition) is 2. The minimum atomic E-state index is -0.199. The number of ether oxygens (including phenoxy) is 1. The van der Waals surface area contributed by atoms with Crippen LogP contribution in [-0.4, -0.2) is 30.3 Å². The summed E-state index contributed by atoms with van der Waals surface area (Å²) < 4.78 is 10.8. The molecule has 0 saturated carbocycles. The van der Waals surface area contributed by atoms with Gasteiger partial charge in [0.2, 0.25) is 5.89 Å². The van der Waals surface area contributed by atoms with Crippen LogP contribution < -0.4 is 10.6 Å². The first kappa shape index (κ1) is 16.5. The average molecular weight is 329 g/mol. The van der Waals surface area contributed by atoms with Crippen molar-refractivity contribution in [3.63, 3.8) is 0 Å². The van der Waals surface area contributed by atoms with E-state index in [-0.39, 0.29) is 12.1 Å². The second-order valence-electron chi connectivity index (χ2n) is 6.21. The lowest BCUT2D eigenvalue weighted by Gasteiger charge is -2.28. The maximum Gasteiger partial charge on any atom is 0.319 e. The molecule has 2 N–H and O–H groups in total. The number of rotatable bonds is 4. The first-order chi connectivity index (χ1) is 11.6. The van der Waals surface area contributed by atoms with Crippen LogP contribution in [0.5, 0.6) is 0 Å². The summed E-state index contributed by atoms with van der Waals surface area (Å²) in [6, 6.07) is 7.38. The van der Waals surface area contributed by atoms with Gasteiger partial charge in [-0.15, -0.1) is 0 Å². The third kappa shape index (κ3) is 4.14. The molecule has 6 heteroatoms. The largest absolute Gasteiger partial charge is 0.444 e. The standard InChI is InChI=1S/C18H23N3O3/c1-12-11-24-17(19-12)15-4-3-5-16(10-15)21-18(22)20-13(2)14-6-8-23-9-7-14/h3-5,10-11,13-14H,6-9H2,1-2H3,(H2,20,21,22)/t13-/m1/s1. The van der Waals surface area contributed by atoms with Crippen molar-refractivity contribution >= 4 is 11.7 Å². The van der Waals surface area contributed by atoms with E-state index < -0.39 is 0 Å². The van der Waals surface area contributed by atoms with E-state index in [1.165, 1.54) is 0 Å². The number of aromatic nitrogens is 1. The molecule has 1 aromatic carbocycles. The third-order valence-corrected chi connectivity index (χ3v) is 4.32. The molecule has 0 aliphatic carbocycles. The second kappa shape index (κ2) is 7.49. The van der Waals surface area contributed by atoms with Gasteiger partial charge in [-0.2, -0.15) is 0 Å². The zero-order chi connectivity index (χ0) is 16.9. The average Bonchev–Trinajstić information content (AvgIpc) is 3.02. The predicted octanol–water partition coefficient (Wildman–Crippen LogP) is 3.59. The summed E-state index contributed by atoms with van der Waals surface area (Å²) in [5.41, 5.74) is 2.37. The zero-order valence-corrected chi connectivity index (χ0v) is 14.0. The quantitative estimate of drug-likeness (QED) is 0.899. The molecule has 1 aromatic heterocycles. The highest BCUT2D eigenvalue weighted by Crippen LogP contribution is 2.22. The number of aryl methyl sites for hydroxylation is 1. The number of urea groups is 1. The second-order valence-corrected chi connectivity index (χ2v) is 6.21. The van der Waals surface area contributed by atoms with Crippen LogP contribution in [0.1, 0.15) is 25.5 Å². The molecule has 1 saturated heterocycles. The number of nitrogens with one attached hydrogen (secondary N) is 2. The van der Waals surface area contributed by atoms with E-state index in [0.717, 1.165) is 37.3 Å². The van der Waals surface area contributed by atoms with Crippen molar-refractivity contribution in [3.05, 3.63) is 36.2 Å². The summed E-state index contributed by atoms with van der Waals surface area (Å²) in [5, 5.41) is 5.89. The monoisotopic (exact) mass is 329 g/mol. The lowest BCUT2D eigenvalue weighted by Crippen LogP contribution is -2.42. The van der Waals surface area contributed by atoms with E-state index >= 15 is 0 Å². The fourth-order valence-electron chi connectivity index (χ4n) is 2.92. The highest BCUT2D eigenvalue weighted by molar-refractivity contribution is 5.90. The molecule has 24 heavy (non-hydrogen) atoms. The van der Waals surface area contributed by atoms with Gasteiger partial charge in [-0.05, 0) is 50.8 Å². The summed E-state index contributed by atoms with van der Waals surface area (Å²) in [6.45, 7) is 5.47. The van der Waals surface area contributed by atoms with Crippen molar-refractivity contribution in [1.29, 1.82) is 0 Å². The summed E-state index contributed by atoms with van der Waals surface area (Å²) >= 11 is 0. The van der Waals surface area contributed by atoms with Crippen LogP contribution >= 0.6 is 0 Å². The van der Waals surface area contributed by atoms with Crippen molar-refractivity contribution in [2.24, 2.45) is 5.92 Å². The Morgan fingerprint density at radius 3 is 2.83 bits per heavy atom. The SMILES string of the molecule is Cc1coc(-c2cccc(NC(=O)N[C@H](C)C3CCOCC3)c2)n1. The Hall–Kier alpha value is -2.34. The molecule has 0 radical (unpaired) electrons. The third-order valence-electron chi connectivity index (χ3n) is 4.32. The molecule has 6 nitrogen and oxygen atoms in total. The Labute approximate surface area is 141 Å². The first-order valence-corrected chi connectivity index (χ1v) is 8.29. The van der Waals surface area contributed by atoms with Crippen molar-refractivity contribution in [1.82, 2.24) is 10.3 Å². The number of carbonyl (C=O) groups excluding carboxylic acids is 1. The van der Waals surface area contributed by atoms with E-state index in [1.54, 1.807) is 6.26 Å². The van der Waals surface area contributed by atoms with Gasteiger partial charge in [0.15, 0.2) is 0 Å². The molecule has 2 heterocycles. The van der Waals surface area contributed by atoms with Gasteiger partial charge in [-0.1, -0.05) is 6.07 Å². The Bertz CT molecular complexity index is 692. The summed E-state index contributed by atoms with van der Waals surface area (Å²) in [6.07, 6.45) is 3.58. The van der Waals surface area contributed by atoms with E-state index in [9.17, 15) is 4.79 Å². The topological polar surface area (TPSA) is 76.4 Å². The Morgan fingerprint density at radius 1 is 1.33 bits per heavy atom. The molecule has 1 aliphatic rings. The van der Waals surface area contributed by atoms with Crippen molar-refractivity contribution in [2.45, 2.75) is 32.7 Å². The predicted molar refractivity (Wildman–Crippen MR) is 91.8 cm³/mol. The maximum atomic E-state index is 12.2. The molecule has 0 bridgehead atoms. The van der Waals surface area contributed by atoms with Gasteiger partial charge < -0.3 is 19.8 Å². The van der Waals surface area contributed by atoms with Crippen LogP contribution in [-0.2, 0) is 4.74 Å². The summed E-state index contributed by atoms with van der Waals surface area (Å²) in [7, 11) is 0. The number of benzene rings is 1. The fraction of sp³-hybridized carbons (Fsp3) is 0.444. The molecule has 1 fully saturated rings. The fourth-order valence-corrected chi connectivity index (χ4v) is 2.92. The van der Waals surface area contributed by atoms with Crippen LogP contribution in [0, 0.1) is 12.8 Å². The molecule has 0 spiro atoms. The molecule has 2 aromatic rings. The molecular formula is C18H23N3O3. The van der Waals surface area contributed by atoms with Gasteiger partial charge in [0.25, 0.3) is 0 Å². The van der Waals surface area contributed by atoms with E-state index in [4.69, 9.17) is 9.15 Å². The van der Waals surface area contributed by atoms with Gasteiger partial charge in [0.1, 0.15) is 6.26 Å². The molecule has 1 atom stereocenters. The van der Waals surface area contributed by atoms with Crippen LogP contribution in [0.2, 0.25) is 0 Å². The van der Waals surface area contributed by atoms with Gasteiger partial charge in [-0.25, -0.2) is 9.78 Å². The van der Waals surface area contributed by atoms with E-state index in [1.807, 2.05) is 38.1 Å². The molecule has 128 valence electrons. The van der Waals surface area contributed by atoms with Crippen LogP contribution in [0.15, 0.2) is 34.9 Å². The van der Waals surface area contributed by atoms with Crippen molar-refractivity contribution < 1.29 is 13.9 Å². The van der Waals surface area contributed by atoms with Crippen LogP contribution in [0.4, 0.5) is 10.5 Å². The molecule has 2 amide bonds. The van der Waals surface area contributed by atoms with E-state index in [0.29, 0.717) is 17.5 Å². The Balaban J connectivity index is 1.60. The van der Waals surface area contributed by atoms with Gasteiger partial charge >= 0.3 is 6.03 Å². The maximum absolute atomic E-state index is 12.2. The number of carbonyl (C=O) groups is 1. The van der Waals surface area contributed by atoms with Crippen LogP contribution in [0.3, 0.4) is 0 Å². The lowest BCUT2D eigenvalue weighted by molar-refractivity contribution is 0.0573. The first-order valence-electron chi connectivity index (χ1n) is 8.29.